The smallest absolute Gasteiger partial charge is 0.325 e. The van der Waals surface area contributed by atoms with E-state index in [0.29, 0.717) is 0 Å². The molecule has 14 heavy (non-hydrogen) atoms. The van der Waals surface area contributed by atoms with Crippen molar-refractivity contribution in [3.05, 3.63) is 29.3 Å². The van der Waals surface area contributed by atoms with Crippen molar-refractivity contribution in [1.29, 1.82) is 0 Å². The zero-order valence-electron chi connectivity index (χ0n) is 8.66. The van der Waals surface area contributed by atoms with Crippen LogP contribution >= 0.6 is 0 Å². The minimum Gasteiger partial charge on any atom is -0.480 e. The predicted octanol–water partition coefficient (Wildman–Crippen LogP) is 2.19. The first kappa shape index (κ1) is 10.6. The number of anilines is 1. The van der Waals surface area contributed by atoms with Gasteiger partial charge in [0.15, 0.2) is 0 Å². The van der Waals surface area contributed by atoms with Gasteiger partial charge in [-0.2, -0.15) is 0 Å². The SMILES string of the molecule is Cc1ccc(N[C@H](C)C(=O)O)c(C)c1. The molecule has 0 aliphatic rings. The highest BCUT2D eigenvalue weighted by Gasteiger charge is 2.10. The Kier molecular flexibility index (Phi) is 3.12. The normalized spacial score (nSPS) is 12.2. The molecule has 0 spiro atoms. The van der Waals surface area contributed by atoms with Gasteiger partial charge in [-0.3, -0.25) is 4.79 Å². The molecule has 3 heteroatoms. The van der Waals surface area contributed by atoms with Crippen molar-refractivity contribution >= 4 is 11.7 Å². The van der Waals surface area contributed by atoms with Gasteiger partial charge in [-0.05, 0) is 32.4 Å². The standard InChI is InChI=1S/C11H15NO2/c1-7-4-5-10(8(2)6-7)12-9(3)11(13)14/h4-6,9,12H,1-3H3,(H,13,14)/t9-/m1/s1. The molecule has 0 aliphatic carbocycles. The molecule has 0 saturated heterocycles. The molecular weight excluding hydrogens is 178 g/mol. The van der Waals surface area contributed by atoms with Crippen LogP contribution in [0.1, 0.15) is 18.1 Å². The van der Waals surface area contributed by atoms with Crippen LogP contribution in [0.15, 0.2) is 18.2 Å². The van der Waals surface area contributed by atoms with Crippen LogP contribution in [0.3, 0.4) is 0 Å². The Hall–Kier alpha value is -1.51. The van der Waals surface area contributed by atoms with E-state index in [2.05, 4.69) is 5.32 Å². The van der Waals surface area contributed by atoms with Gasteiger partial charge in [0.25, 0.3) is 0 Å². The number of carboxylic acids is 1. The van der Waals surface area contributed by atoms with Gasteiger partial charge >= 0.3 is 5.97 Å². The first-order valence-electron chi connectivity index (χ1n) is 4.57. The Morgan fingerprint density at radius 2 is 2.07 bits per heavy atom. The second-order valence-corrected chi connectivity index (χ2v) is 3.52. The Morgan fingerprint density at radius 1 is 1.43 bits per heavy atom. The molecule has 3 nitrogen and oxygen atoms in total. The molecule has 76 valence electrons. The van der Waals surface area contributed by atoms with E-state index >= 15 is 0 Å². The quantitative estimate of drug-likeness (QED) is 0.773. The van der Waals surface area contributed by atoms with Crippen LogP contribution in [0.2, 0.25) is 0 Å². The van der Waals surface area contributed by atoms with Crippen LogP contribution in [0.4, 0.5) is 5.69 Å². The van der Waals surface area contributed by atoms with Crippen molar-refractivity contribution in [1.82, 2.24) is 0 Å². The molecule has 0 heterocycles. The van der Waals surface area contributed by atoms with Crippen LogP contribution < -0.4 is 5.32 Å². The summed E-state index contributed by atoms with van der Waals surface area (Å²) in [5, 5.41) is 11.7. The highest BCUT2D eigenvalue weighted by Crippen LogP contribution is 2.16. The predicted molar refractivity (Wildman–Crippen MR) is 56.6 cm³/mol. The number of nitrogens with one attached hydrogen (secondary N) is 1. The third kappa shape index (κ3) is 2.49. The summed E-state index contributed by atoms with van der Waals surface area (Å²) in [6.07, 6.45) is 0. The molecule has 0 fully saturated rings. The summed E-state index contributed by atoms with van der Waals surface area (Å²) in [6.45, 7) is 5.60. The summed E-state index contributed by atoms with van der Waals surface area (Å²) >= 11 is 0. The molecule has 0 radical (unpaired) electrons. The fourth-order valence-corrected chi connectivity index (χ4v) is 1.27. The summed E-state index contributed by atoms with van der Waals surface area (Å²) in [7, 11) is 0. The second-order valence-electron chi connectivity index (χ2n) is 3.52. The molecule has 1 rings (SSSR count). The number of rotatable bonds is 3. The molecule has 1 aromatic rings. The number of carboxylic acid groups (broad SMARTS) is 1. The van der Waals surface area contributed by atoms with Gasteiger partial charge in [0.2, 0.25) is 0 Å². The summed E-state index contributed by atoms with van der Waals surface area (Å²) < 4.78 is 0. The Labute approximate surface area is 83.8 Å². The molecule has 0 saturated carbocycles. The van der Waals surface area contributed by atoms with Crippen molar-refractivity contribution in [2.45, 2.75) is 26.8 Å². The second kappa shape index (κ2) is 4.13. The van der Waals surface area contributed by atoms with Crippen LogP contribution in [0.25, 0.3) is 0 Å². The first-order chi connectivity index (χ1) is 6.50. The molecular formula is C11H15NO2. The van der Waals surface area contributed by atoms with Gasteiger partial charge < -0.3 is 10.4 Å². The Balaban J connectivity index is 2.82. The molecule has 0 bridgehead atoms. The maximum atomic E-state index is 10.6. The number of hydrogen-bond acceptors (Lipinski definition) is 2. The summed E-state index contributed by atoms with van der Waals surface area (Å²) in [5.74, 6) is -0.843. The topological polar surface area (TPSA) is 49.3 Å². The maximum Gasteiger partial charge on any atom is 0.325 e. The number of aliphatic carboxylic acids is 1. The van der Waals surface area contributed by atoms with Gasteiger partial charge in [-0.1, -0.05) is 17.7 Å². The van der Waals surface area contributed by atoms with Crippen molar-refractivity contribution < 1.29 is 9.90 Å². The van der Waals surface area contributed by atoms with E-state index in [9.17, 15) is 4.79 Å². The molecule has 1 aromatic carbocycles. The number of aryl methyl sites for hydroxylation is 2. The van der Waals surface area contributed by atoms with Gasteiger partial charge in [0.05, 0.1) is 0 Å². The third-order valence-corrected chi connectivity index (χ3v) is 2.12. The van der Waals surface area contributed by atoms with Gasteiger partial charge in [-0.25, -0.2) is 0 Å². The lowest BCUT2D eigenvalue weighted by atomic mass is 10.1. The van der Waals surface area contributed by atoms with E-state index < -0.39 is 12.0 Å². The number of benzene rings is 1. The summed E-state index contributed by atoms with van der Waals surface area (Å²) in [4.78, 5) is 10.6. The van der Waals surface area contributed by atoms with Crippen LogP contribution in [-0.4, -0.2) is 17.1 Å². The lowest BCUT2D eigenvalue weighted by Crippen LogP contribution is -2.25. The molecule has 0 aliphatic heterocycles. The Morgan fingerprint density at radius 3 is 2.57 bits per heavy atom. The van der Waals surface area contributed by atoms with Crippen LogP contribution in [0.5, 0.6) is 0 Å². The Bertz CT molecular complexity index is 347. The van der Waals surface area contributed by atoms with Crippen molar-refractivity contribution in [3.63, 3.8) is 0 Å². The first-order valence-corrected chi connectivity index (χ1v) is 4.57. The maximum absolute atomic E-state index is 10.6. The number of carbonyl (C=O) groups is 1. The van der Waals surface area contributed by atoms with E-state index in [0.717, 1.165) is 11.3 Å². The molecule has 0 unspecified atom stereocenters. The van der Waals surface area contributed by atoms with Crippen LogP contribution in [0, 0.1) is 13.8 Å². The van der Waals surface area contributed by atoms with Crippen LogP contribution in [-0.2, 0) is 4.79 Å². The van der Waals surface area contributed by atoms with E-state index in [1.807, 2.05) is 32.0 Å². The van der Waals surface area contributed by atoms with E-state index in [1.165, 1.54) is 5.56 Å². The average Bonchev–Trinajstić information content (AvgIpc) is 2.09. The minimum absolute atomic E-state index is 0.559. The summed E-state index contributed by atoms with van der Waals surface area (Å²) in [5.41, 5.74) is 3.12. The third-order valence-electron chi connectivity index (χ3n) is 2.12. The van der Waals surface area contributed by atoms with Gasteiger partial charge in [0.1, 0.15) is 6.04 Å². The average molecular weight is 193 g/mol. The summed E-state index contributed by atoms with van der Waals surface area (Å²) in [6, 6.07) is 5.33. The van der Waals surface area contributed by atoms with E-state index in [1.54, 1.807) is 6.92 Å². The van der Waals surface area contributed by atoms with Gasteiger partial charge in [-0.15, -0.1) is 0 Å². The van der Waals surface area contributed by atoms with E-state index in [4.69, 9.17) is 5.11 Å². The fourth-order valence-electron chi connectivity index (χ4n) is 1.27. The molecule has 2 N–H and O–H groups in total. The van der Waals surface area contributed by atoms with Crippen molar-refractivity contribution in [2.75, 3.05) is 5.32 Å². The monoisotopic (exact) mass is 193 g/mol. The fraction of sp³-hybridized carbons (Fsp3) is 0.364. The zero-order valence-corrected chi connectivity index (χ0v) is 8.66. The highest BCUT2D eigenvalue weighted by molar-refractivity contribution is 5.77. The molecule has 0 amide bonds. The molecule has 1 atom stereocenters. The lowest BCUT2D eigenvalue weighted by molar-refractivity contribution is -0.137. The van der Waals surface area contributed by atoms with E-state index in [-0.39, 0.29) is 0 Å². The molecule has 0 aromatic heterocycles. The zero-order chi connectivity index (χ0) is 10.7. The highest BCUT2D eigenvalue weighted by atomic mass is 16.4. The lowest BCUT2D eigenvalue weighted by Gasteiger charge is -2.13. The largest absolute Gasteiger partial charge is 0.480 e. The van der Waals surface area contributed by atoms with Crippen molar-refractivity contribution in [2.24, 2.45) is 0 Å². The van der Waals surface area contributed by atoms with Gasteiger partial charge in [0, 0.05) is 5.69 Å². The number of hydrogen-bond donors (Lipinski definition) is 2. The van der Waals surface area contributed by atoms with Crippen molar-refractivity contribution in [3.8, 4) is 0 Å². The minimum atomic E-state index is -0.843.